The summed E-state index contributed by atoms with van der Waals surface area (Å²) in [6.45, 7) is 0.527. The first kappa shape index (κ1) is 17.4. The van der Waals surface area contributed by atoms with E-state index in [-0.39, 0.29) is 5.56 Å². The molecule has 0 amide bonds. The summed E-state index contributed by atoms with van der Waals surface area (Å²) in [4.78, 5) is 0. The summed E-state index contributed by atoms with van der Waals surface area (Å²) in [6, 6.07) is 9.63. The molecule has 5 nitrogen and oxygen atoms in total. The second-order valence-corrected chi connectivity index (χ2v) is 4.99. The maximum atomic E-state index is 13.2. The van der Waals surface area contributed by atoms with Crippen molar-refractivity contribution < 1.29 is 18.6 Å². The van der Waals surface area contributed by atoms with Gasteiger partial charge in [-0.15, -0.1) is 0 Å². The van der Waals surface area contributed by atoms with E-state index in [1.54, 1.807) is 39.5 Å². The van der Waals surface area contributed by atoms with Crippen molar-refractivity contribution in [3.63, 3.8) is 0 Å². The minimum atomic E-state index is -0.435. The highest BCUT2D eigenvalue weighted by atomic mass is 19.1. The first-order valence-corrected chi connectivity index (χ1v) is 7.35. The maximum Gasteiger partial charge on any atom is 0.129 e. The Morgan fingerprint density at radius 3 is 2.25 bits per heavy atom. The van der Waals surface area contributed by atoms with Crippen LogP contribution in [-0.4, -0.2) is 27.9 Å². The Morgan fingerprint density at radius 2 is 1.71 bits per heavy atom. The van der Waals surface area contributed by atoms with Crippen LogP contribution >= 0.6 is 0 Å². The average molecular weight is 330 g/mol. The highest BCUT2D eigenvalue weighted by molar-refractivity contribution is 5.58. The zero-order valence-electron chi connectivity index (χ0n) is 13.9. The highest BCUT2D eigenvalue weighted by Crippen LogP contribution is 2.34. The number of anilines is 1. The minimum absolute atomic E-state index is 0.267. The highest BCUT2D eigenvalue weighted by Gasteiger charge is 2.13. The van der Waals surface area contributed by atoms with Crippen LogP contribution in [0.25, 0.3) is 0 Å². The van der Waals surface area contributed by atoms with Gasteiger partial charge in [0, 0.05) is 24.2 Å². The number of nitrogens with one attached hydrogen (secondary N) is 1. The third-order valence-corrected chi connectivity index (χ3v) is 3.61. The van der Waals surface area contributed by atoms with Gasteiger partial charge in [0.1, 0.15) is 29.1 Å². The van der Waals surface area contributed by atoms with Crippen LogP contribution in [-0.2, 0) is 6.42 Å². The zero-order chi connectivity index (χ0) is 17.5. The van der Waals surface area contributed by atoms with Crippen molar-refractivity contribution in [3.8, 4) is 23.3 Å². The summed E-state index contributed by atoms with van der Waals surface area (Å²) in [6.07, 6.45) is 0.596. The normalized spacial score (nSPS) is 9.96. The first-order chi connectivity index (χ1) is 11.6. The molecule has 0 aliphatic heterocycles. The monoisotopic (exact) mass is 330 g/mol. The van der Waals surface area contributed by atoms with Gasteiger partial charge in [-0.05, 0) is 24.6 Å². The predicted molar refractivity (Wildman–Crippen MR) is 89.4 cm³/mol. The number of nitriles is 1. The SMILES string of the molecule is COc1cc(OC)c(CCNc2ccc(F)cc2C#N)c(OC)c1. The predicted octanol–water partition coefficient (Wildman–Crippen LogP) is 3.38. The fourth-order valence-corrected chi connectivity index (χ4v) is 2.41. The Balaban J connectivity index is 2.16. The van der Waals surface area contributed by atoms with Gasteiger partial charge in [0.15, 0.2) is 0 Å². The first-order valence-electron chi connectivity index (χ1n) is 7.35. The van der Waals surface area contributed by atoms with Crippen molar-refractivity contribution in [3.05, 3.63) is 47.3 Å². The lowest BCUT2D eigenvalue weighted by atomic mass is 10.1. The third-order valence-electron chi connectivity index (χ3n) is 3.61. The number of nitrogens with zero attached hydrogens (tertiary/aromatic N) is 1. The quantitative estimate of drug-likeness (QED) is 0.843. The molecule has 126 valence electrons. The molecule has 0 atom stereocenters. The van der Waals surface area contributed by atoms with Crippen molar-refractivity contribution in [2.75, 3.05) is 33.2 Å². The van der Waals surface area contributed by atoms with Crippen molar-refractivity contribution in [2.45, 2.75) is 6.42 Å². The van der Waals surface area contributed by atoms with Crippen LogP contribution in [0.15, 0.2) is 30.3 Å². The molecule has 0 bridgehead atoms. The Hall–Kier alpha value is -2.94. The van der Waals surface area contributed by atoms with E-state index in [0.29, 0.717) is 35.9 Å². The molecule has 0 radical (unpaired) electrons. The number of hydrogen-bond donors (Lipinski definition) is 1. The van der Waals surface area contributed by atoms with E-state index in [1.165, 1.54) is 12.1 Å². The van der Waals surface area contributed by atoms with Crippen molar-refractivity contribution >= 4 is 5.69 Å². The van der Waals surface area contributed by atoms with Crippen LogP contribution in [0.1, 0.15) is 11.1 Å². The Labute approximate surface area is 140 Å². The Kier molecular flexibility index (Phi) is 5.85. The molecule has 0 fully saturated rings. The molecule has 0 saturated heterocycles. The lowest BCUT2D eigenvalue weighted by Crippen LogP contribution is -2.08. The zero-order valence-corrected chi connectivity index (χ0v) is 13.9. The molecule has 2 rings (SSSR count). The number of rotatable bonds is 7. The van der Waals surface area contributed by atoms with Gasteiger partial charge in [-0.25, -0.2) is 4.39 Å². The smallest absolute Gasteiger partial charge is 0.129 e. The van der Waals surface area contributed by atoms with Crippen molar-refractivity contribution in [2.24, 2.45) is 0 Å². The summed E-state index contributed by atoms with van der Waals surface area (Å²) in [5.41, 5.74) is 1.74. The molecule has 2 aromatic carbocycles. The summed E-state index contributed by atoms with van der Waals surface area (Å²) in [5, 5.41) is 12.2. The molecular formula is C18H19FN2O3. The molecule has 0 aliphatic carbocycles. The largest absolute Gasteiger partial charge is 0.496 e. The van der Waals surface area contributed by atoms with Crippen molar-refractivity contribution in [1.82, 2.24) is 0 Å². The second kappa shape index (κ2) is 8.06. The van der Waals surface area contributed by atoms with E-state index in [4.69, 9.17) is 19.5 Å². The fourth-order valence-electron chi connectivity index (χ4n) is 2.41. The number of benzene rings is 2. The van der Waals surface area contributed by atoms with E-state index in [2.05, 4.69) is 5.32 Å². The van der Waals surface area contributed by atoms with Gasteiger partial charge in [0.2, 0.25) is 0 Å². The molecule has 6 heteroatoms. The van der Waals surface area contributed by atoms with E-state index in [1.807, 2.05) is 6.07 Å². The van der Waals surface area contributed by atoms with Gasteiger partial charge in [-0.3, -0.25) is 0 Å². The molecule has 2 aromatic rings. The van der Waals surface area contributed by atoms with Gasteiger partial charge >= 0.3 is 0 Å². The summed E-state index contributed by atoms with van der Waals surface area (Å²) >= 11 is 0. The number of hydrogen-bond acceptors (Lipinski definition) is 5. The van der Waals surface area contributed by atoms with Gasteiger partial charge < -0.3 is 19.5 Å². The topological polar surface area (TPSA) is 63.5 Å². The third kappa shape index (κ3) is 3.87. The summed E-state index contributed by atoms with van der Waals surface area (Å²) in [5.74, 6) is 1.53. The van der Waals surface area contributed by atoms with Crippen LogP contribution in [0.4, 0.5) is 10.1 Å². The van der Waals surface area contributed by atoms with Crippen LogP contribution in [0.2, 0.25) is 0 Å². The van der Waals surface area contributed by atoms with Crippen LogP contribution in [0.5, 0.6) is 17.2 Å². The van der Waals surface area contributed by atoms with Crippen LogP contribution in [0, 0.1) is 17.1 Å². The van der Waals surface area contributed by atoms with Gasteiger partial charge in [-0.1, -0.05) is 0 Å². The number of ether oxygens (including phenoxy) is 3. The molecule has 1 N–H and O–H groups in total. The van der Waals surface area contributed by atoms with E-state index < -0.39 is 5.82 Å². The molecule has 0 unspecified atom stereocenters. The van der Waals surface area contributed by atoms with Crippen LogP contribution < -0.4 is 19.5 Å². The molecule has 24 heavy (non-hydrogen) atoms. The van der Waals surface area contributed by atoms with Crippen molar-refractivity contribution in [1.29, 1.82) is 5.26 Å². The average Bonchev–Trinajstić information content (AvgIpc) is 2.62. The number of methoxy groups -OCH3 is 3. The molecule has 0 saturated carbocycles. The van der Waals surface area contributed by atoms with E-state index >= 15 is 0 Å². The Morgan fingerprint density at radius 1 is 1.04 bits per heavy atom. The minimum Gasteiger partial charge on any atom is -0.496 e. The molecule has 0 aliphatic rings. The van der Waals surface area contributed by atoms with Gasteiger partial charge in [0.25, 0.3) is 0 Å². The number of halogens is 1. The molecule has 0 spiro atoms. The summed E-state index contributed by atoms with van der Waals surface area (Å²) in [7, 11) is 4.74. The van der Waals surface area contributed by atoms with Crippen LogP contribution in [0.3, 0.4) is 0 Å². The molecular weight excluding hydrogens is 311 g/mol. The molecule has 0 heterocycles. The summed E-state index contributed by atoms with van der Waals surface area (Å²) < 4.78 is 29.2. The lowest BCUT2D eigenvalue weighted by molar-refractivity contribution is 0.369. The van der Waals surface area contributed by atoms with E-state index in [9.17, 15) is 4.39 Å². The fraction of sp³-hybridized carbons (Fsp3) is 0.278. The van der Waals surface area contributed by atoms with Gasteiger partial charge in [-0.2, -0.15) is 5.26 Å². The maximum absolute atomic E-state index is 13.2. The molecule has 0 aromatic heterocycles. The van der Waals surface area contributed by atoms with E-state index in [0.717, 1.165) is 5.56 Å². The lowest BCUT2D eigenvalue weighted by Gasteiger charge is -2.16. The standard InChI is InChI=1S/C18H19FN2O3/c1-22-14-9-17(23-2)15(18(10-14)24-3)6-7-21-16-5-4-13(19)8-12(16)11-20/h4-5,8-10,21H,6-7H2,1-3H3. The van der Waals surface area contributed by atoms with Gasteiger partial charge in [0.05, 0.1) is 32.6 Å². The Bertz CT molecular complexity index is 731. The second-order valence-electron chi connectivity index (χ2n) is 4.99.